The van der Waals surface area contributed by atoms with Crippen LogP contribution in [0.2, 0.25) is 0 Å². The van der Waals surface area contributed by atoms with Gasteiger partial charge >= 0.3 is 0 Å². The Labute approximate surface area is 92.6 Å². The molecule has 0 amide bonds. The number of phenols is 2. The van der Waals surface area contributed by atoms with E-state index in [1.807, 2.05) is 0 Å². The monoisotopic (exact) mass is 217 g/mol. The molecular formula is C12H11NO3. The van der Waals surface area contributed by atoms with Gasteiger partial charge in [-0.15, -0.1) is 0 Å². The lowest BCUT2D eigenvalue weighted by Crippen LogP contribution is -2.29. The van der Waals surface area contributed by atoms with Crippen LogP contribution in [0.3, 0.4) is 0 Å². The van der Waals surface area contributed by atoms with Gasteiger partial charge in [-0.1, -0.05) is 0 Å². The molecule has 0 saturated carbocycles. The van der Waals surface area contributed by atoms with Gasteiger partial charge in [0.2, 0.25) is 0 Å². The Hall–Kier alpha value is -2.10. The van der Waals surface area contributed by atoms with Gasteiger partial charge in [0, 0.05) is 11.8 Å². The van der Waals surface area contributed by atoms with Crippen LogP contribution in [0.4, 0.5) is 0 Å². The molecule has 1 aliphatic rings. The van der Waals surface area contributed by atoms with Crippen LogP contribution in [0.25, 0.3) is 0 Å². The van der Waals surface area contributed by atoms with Gasteiger partial charge in [-0.3, -0.25) is 9.79 Å². The van der Waals surface area contributed by atoms with Gasteiger partial charge in [0.1, 0.15) is 5.54 Å². The van der Waals surface area contributed by atoms with Gasteiger partial charge in [-0.25, -0.2) is 0 Å². The van der Waals surface area contributed by atoms with Crippen molar-refractivity contribution in [1.82, 2.24) is 0 Å². The number of hydrogen-bond acceptors (Lipinski definition) is 4. The van der Waals surface area contributed by atoms with Gasteiger partial charge in [-0.2, -0.15) is 0 Å². The number of benzene rings is 1. The average molecular weight is 217 g/mol. The minimum absolute atomic E-state index is 0.215. The van der Waals surface area contributed by atoms with Crippen molar-refractivity contribution in [3.05, 3.63) is 35.9 Å². The fourth-order valence-corrected chi connectivity index (χ4v) is 1.56. The molecule has 1 unspecified atom stereocenters. The molecule has 1 aromatic rings. The second-order valence-electron chi connectivity index (χ2n) is 3.82. The molecule has 1 aromatic carbocycles. The fourth-order valence-electron chi connectivity index (χ4n) is 1.56. The Morgan fingerprint density at radius 1 is 1.31 bits per heavy atom. The van der Waals surface area contributed by atoms with Gasteiger partial charge in [0.25, 0.3) is 0 Å². The SMILES string of the molecule is CC1(C(=O)c2ccc(O)c(O)c2)C=CC=N1. The minimum Gasteiger partial charge on any atom is -0.504 e. The average Bonchev–Trinajstić information content (AvgIpc) is 2.70. The summed E-state index contributed by atoms with van der Waals surface area (Å²) in [5.41, 5.74) is -0.579. The van der Waals surface area contributed by atoms with E-state index in [0.717, 1.165) is 0 Å². The zero-order valence-electron chi connectivity index (χ0n) is 8.71. The summed E-state index contributed by atoms with van der Waals surface area (Å²) in [5.74, 6) is -0.764. The largest absolute Gasteiger partial charge is 0.504 e. The molecule has 1 aliphatic heterocycles. The topological polar surface area (TPSA) is 69.9 Å². The van der Waals surface area contributed by atoms with E-state index in [2.05, 4.69) is 4.99 Å². The highest BCUT2D eigenvalue weighted by Crippen LogP contribution is 2.28. The maximum absolute atomic E-state index is 12.1. The number of allylic oxidation sites excluding steroid dienone is 1. The second-order valence-corrected chi connectivity index (χ2v) is 3.82. The van der Waals surface area contributed by atoms with Crippen molar-refractivity contribution >= 4 is 12.0 Å². The van der Waals surface area contributed by atoms with Gasteiger partial charge < -0.3 is 10.2 Å². The molecule has 82 valence electrons. The zero-order valence-corrected chi connectivity index (χ0v) is 8.71. The number of hydrogen-bond donors (Lipinski definition) is 2. The standard InChI is InChI=1S/C12H11NO3/c1-12(5-2-6-13-12)11(16)8-3-4-9(14)10(15)7-8/h2-7,14-15H,1H3. The van der Waals surface area contributed by atoms with Crippen LogP contribution in [0.15, 0.2) is 35.3 Å². The van der Waals surface area contributed by atoms with Crippen LogP contribution >= 0.6 is 0 Å². The van der Waals surface area contributed by atoms with Gasteiger partial charge in [0.15, 0.2) is 17.3 Å². The van der Waals surface area contributed by atoms with Crippen molar-refractivity contribution in [3.63, 3.8) is 0 Å². The fraction of sp³-hybridized carbons (Fsp3) is 0.167. The number of nitrogens with zero attached hydrogens (tertiary/aromatic N) is 1. The van der Waals surface area contributed by atoms with Crippen LogP contribution in [0.5, 0.6) is 11.5 Å². The predicted octanol–water partition coefficient (Wildman–Crippen LogP) is 1.68. The summed E-state index contributed by atoms with van der Waals surface area (Å²) in [6.45, 7) is 1.69. The number of carbonyl (C=O) groups is 1. The van der Waals surface area contributed by atoms with Crippen LogP contribution in [-0.2, 0) is 0 Å². The molecular weight excluding hydrogens is 206 g/mol. The third kappa shape index (κ3) is 1.58. The van der Waals surface area contributed by atoms with Crippen molar-refractivity contribution in [3.8, 4) is 11.5 Å². The summed E-state index contributed by atoms with van der Waals surface area (Å²) in [4.78, 5) is 16.1. The van der Waals surface area contributed by atoms with E-state index in [-0.39, 0.29) is 17.3 Å². The van der Waals surface area contributed by atoms with E-state index >= 15 is 0 Å². The van der Waals surface area contributed by atoms with E-state index in [0.29, 0.717) is 5.56 Å². The smallest absolute Gasteiger partial charge is 0.194 e. The first-order valence-electron chi connectivity index (χ1n) is 4.83. The highest BCUT2D eigenvalue weighted by molar-refractivity contribution is 6.07. The van der Waals surface area contributed by atoms with Crippen molar-refractivity contribution in [2.75, 3.05) is 0 Å². The molecule has 0 fully saturated rings. The molecule has 0 bridgehead atoms. The Kier molecular flexibility index (Phi) is 2.27. The molecule has 2 rings (SSSR count). The molecule has 0 saturated heterocycles. The van der Waals surface area contributed by atoms with Crippen LogP contribution in [0, 0.1) is 0 Å². The summed E-state index contributed by atoms with van der Waals surface area (Å²) < 4.78 is 0. The van der Waals surface area contributed by atoms with Crippen molar-refractivity contribution in [1.29, 1.82) is 0 Å². The Morgan fingerprint density at radius 2 is 2.06 bits per heavy atom. The number of carbonyl (C=O) groups excluding carboxylic acids is 1. The molecule has 16 heavy (non-hydrogen) atoms. The molecule has 1 atom stereocenters. The molecule has 0 radical (unpaired) electrons. The zero-order chi connectivity index (χ0) is 11.8. The van der Waals surface area contributed by atoms with E-state index in [9.17, 15) is 9.90 Å². The third-order valence-electron chi connectivity index (χ3n) is 2.55. The maximum Gasteiger partial charge on any atom is 0.194 e. The minimum atomic E-state index is -0.899. The van der Waals surface area contributed by atoms with Crippen LogP contribution in [0.1, 0.15) is 17.3 Å². The summed E-state index contributed by atoms with van der Waals surface area (Å²) in [6, 6.07) is 3.99. The number of aliphatic imine (C=N–C) groups is 1. The Morgan fingerprint density at radius 3 is 2.62 bits per heavy atom. The molecule has 4 heteroatoms. The first-order chi connectivity index (χ1) is 7.53. The number of Topliss-reactive ketones (excluding diaryl/α,β-unsaturated/α-hetero) is 1. The van der Waals surface area contributed by atoms with Crippen LogP contribution < -0.4 is 0 Å². The van der Waals surface area contributed by atoms with E-state index in [1.54, 1.807) is 25.3 Å². The highest BCUT2D eigenvalue weighted by atomic mass is 16.3. The van der Waals surface area contributed by atoms with Crippen LogP contribution in [-0.4, -0.2) is 27.7 Å². The van der Waals surface area contributed by atoms with E-state index in [1.165, 1.54) is 18.2 Å². The van der Waals surface area contributed by atoms with E-state index in [4.69, 9.17) is 5.11 Å². The van der Waals surface area contributed by atoms with E-state index < -0.39 is 5.54 Å². The molecule has 1 heterocycles. The predicted molar refractivity (Wildman–Crippen MR) is 60.1 cm³/mol. The highest BCUT2D eigenvalue weighted by Gasteiger charge is 2.32. The third-order valence-corrected chi connectivity index (χ3v) is 2.55. The molecule has 0 aromatic heterocycles. The van der Waals surface area contributed by atoms with Crippen molar-refractivity contribution in [2.45, 2.75) is 12.5 Å². The first kappa shape index (κ1) is 10.4. The molecule has 2 N–H and O–H groups in total. The number of aromatic hydroxyl groups is 2. The normalized spacial score (nSPS) is 22.6. The lowest BCUT2D eigenvalue weighted by molar-refractivity contribution is 0.0934. The lowest BCUT2D eigenvalue weighted by atomic mass is 9.92. The van der Waals surface area contributed by atoms with Crippen molar-refractivity contribution < 1.29 is 15.0 Å². The maximum atomic E-state index is 12.1. The quantitative estimate of drug-likeness (QED) is 0.585. The first-order valence-corrected chi connectivity index (χ1v) is 4.83. The summed E-state index contributed by atoms with van der Waals surface area (Å²) in [7, 11) is 0. The number of phenolic OH excluding ortho intramolecular Hbond substituents is 2. The Bertz CT molecular complexity index is 491. The molecule has 0 spiro atoms. The van der Waals surface area contributed by atoms with Gasteiger partial charge in [0.05, 0.1) is 0 Å². The lowest BCUT2D eigenvalue weighted by Gasteiger charge is -2.16. The summed E-state index contributed by atoms with van der Waals surface area (Å²) >= 11 is 0. The molecule has 0 aliphatic carbocycles. The molecule has 4 nitrogen and oxygen atoms in total. The summed E-state index contributed by atoms with van der Waals surface area (Å²) in [6.07, 6.45) is 4.97. The number of ketones is 1. The number of rotatable bonds is 2. The summed E-state index contributed by atoms with van der Waals surface area (Å²) in [5, 5.41) is 18.5. The van der Waals surface area contributed by atoms with Gasteiger partial charge in [-0.05, 0) is 37.3 Å². The van der Waals surface area contributed by atoms with Crippen molar-refractivity contribution in [2.24, 2.45) is 4.99 Å². The Balaban J connectivity index is 2.38. The second kappa shape index (κ2) is 3.48.